The monoisotopic (exact) mass is 236 g/mol. The van der Waals surface area contributed by atoms with Crippen molar-refractivity contribution in [1.82, 2.24) is 15.3 Å². The van der Waals surface area contributed by atoms with Crippen LogP contribution in [0.15, 0.2) is 12.4 Å². The van der Waals surface area contributed by atoms with E-state index in [0.29, 0.717) is 5.92 Å². The van der Waals surface area contributed by atoms with Crippen LogP contribution in [0.25, 0.3) is 0 Å². The highest BCUT2D eigenvalue weighted by atomic mass is 15.0. The molecule has 0 atom stereocenters. The molecule has 4 nitrogen and oxygen atoms in total. The Hall–Kier alpha value is -1.16. The zero-order chi connectivity index (χ0) is 12.5. The van der Waals surface area contributed by atoms with Crippen molar-refractivity contribution in [2.24, 2.45) is 5.92 Å². The number of rotatable bonds is 8. The molecule has 0 aromatic carbocycles. The molecule has 1 aromatic heterocycles. The van der Waals surface area contributed by atoms with Crippen LogP contribution in [0.3, 0.4) is 0 Å². The Kier molecular flexibility index (Phi) is 6.55. The van der Waals surface area contributed by atoms with Gasteiger partial charge in [0.05, 0.1) is 11.9 Å². The predicted molar refractivity (Wildman–Crippen MR) is 72.0 cm³/mol. The quantitative estimate of drug-likeness (QED) is 0.728. The minimum Gasteiger partial charge on any atom is -0.369 e. The molecule has 96 valence electrons. The van der Waals surface area contributed by atoms with Crippen molar-refractivity contribution >= 4 is 5.82 Å². The zero-order valence-corrected chi connectivity index (χ0v) is 11.2. The van der Waals surface area contributed by atoms with Crippen molar-refractivity contribution < 1.29 is 0 Å². The summed E-state index contributed by atoms with van der Waals surface area (Å²) in [7, 11) is 0. The van der Waals surface area contributed by atoms with Crippen LogP contribution in [0.4, 0.5) is 5.82 Å². The number of anilines is 1. The first-order chi connectivity index (χ1) is 8.30. The lowest BCUT2D eigenvalue weighted by atomic mass is 10.0. The van der Waals surface area contributed by atoms with E-state index >= 15 is 0 Å². The number of aromatic nitrogens is 2. The van der Waals surface area contributed by atoms with Crippen molar-refractivity contribution in [3.63, 3.8) is 0 Å². The maximum absolute atomic E-state index is 4.51. The van der Waals surface area contributed by atoms with Gasteiger partial charge in [0.25, 0.3) is 0 Å². The van der Waals surface area contributed by atoms with E-state index in [2.05, 4.69) is 41.4 Å². The molecule has 0 aliphatic heterocycles. The van der Waals surface area contributed by atoms with Gasteiger partial charge in [-0.25, -0.2) is 4.98 Å². The highest BCUT2D eigenvalue weighted by Crippen LogP contribution is 2.09. The van der Waals surface area contributed by atoms with E-state index in [1.54, 1.807) is 6.20 Å². The number of nitrogens with zero attached hydrogens (tertiary/aromatic N) is 2. The molecule has 0 saturated heterocycles. The summed E-state index contributed by atoms with van der Waals surface area (Å²) in [4.78, 5) is 8.72. The molecule has 2 N–H and O–H groups in total. The third kappa shape index (κ3) is 5.13. The fourth-order valence-electron chi connectivity index (χ4n) is 1.66. The molecule has 0 saturated carbocycles. The maximum Gasteiger partial charge on any atom is 0.144 e. The normalized spacial score (nSPS) is 10.8. The fourth-order valence-corrected chi connectivity index (χ4v) is 1.66. The average Bonchev–Trinajstić information content (AvgIpc) is 2.38. The van der Waals surface area contributed by atoms with Gasteiger partial charge in [-0.3, -0.25) is 4.98 Å². The van der Waals surface area contributed by atoms with Crippen molar-refractivity contribution in [1.29, 1.82) is 0 Å². The third-order valence-electron chi connectivity index (χ3n) is 2.97. The lowest BCUT2D eigenvalue weighted by Gasteiger charge is -2.13. The SMILES string of the molecule is CCNCc1cncc(NCC(CC)CC)n1. The van der Waals surface area contributed by atoms with Gasteiger partial charge < -0.3 is 10.6 Å². The van der Waals surface area contributed by atoms with Crippen LogP contribution in [0.2, 0.25) is 0 Å². The van der Waals surface area contributed by atoms with E-state index in [-0.39, 0.29) is 0 Å². The molecule has 0 unspecified atom stereocenters. The Morgan fingerprint density at radius 2 is 1.94 bits per heavy atom. The third-order valence-corrected chi connectivity index (χ3v) is 2.97. The van der Waals surface area contributed by atoms with Gasteiger partial charge in [-0.05, 0) is 12.5 Å². The summed E-state index contributed by atoms with van der Waals surface area (Å²) in [5.74, 6) is 1.60. The second-order valence-corrected chi connectivity index (χ2v) is 4.24. The van der Waals surface area contributed by atoms with Crippen LogP contribution in [0, 0.1) is 5.92 Å². The summed E-state index contributed by atoms with van der Waals surface area (Å²) in [5.41, 5.74) is 0.987. The molecule has 0 radical (unpaired) electrons. The van der Waals surface area contributed by atoms with Gasteiger partial charge in [0.15, 0.2) is 0 Å². The van der Waals surface area contributed by atoms with Crippen LogP contribution in [-0.2, 0) is 6.54 Å². The van der Waals surface area contributed by atoms with Gasteiger partial charge in [0.2, 0.25) is 0 Å². The van der Waals surface area contributed by atoms with Crippen LogP contribution in [0.5, 0.6) is 0 Å². The van der Waals surface area contributed by atoms with Crippen LogP contribution in [0.1, 0.15) is 39.3 Å². The summed E-state index contributed by atoms with van der Waals surface area (Å²) in [5, 5.41) is 6.61. The Balaban J connectivity index is 2.47. The largest absolute Gasteiger partial charge is 0.369 e. The number of nitrogens with one attached hydrogen (secondary N) is 2. The maximum atomic E-state index is 4.51. The van der Waals surface area contributed by atoms with E-state index in [4.69, 9.17) is 0 Å². The minimum atomic E-state index is 0.717. The molecule has 4 heteroatoms. The van der Waals surface area contributed by atoms with Gasteiger partial charge in [0.1, 0.15) is 5.82 Å². The first-order valence-electron chi connectivity index (χ1n) is 6.55. The summed E-state index contributed by atoms with van der Waals surface area (Å²) in [6, 6.07) is 0. The second-order valence-electron chi connectivity index (χ2n) is 4.24. The molecule has 1 heterocycles. The Labute approximate surface area is 104 Å². The van der Waals surface area contributed by atoms with E-state index in [9.17, 15) is 0 Å². The average molecular weight is 236 g/mol. The van der Waals surface area contributed by atoms with Crippen molar-refractivity contribution in [2.75, 3.05) is 18.4 Å². The fraction of sp³-hybridized carbons (Fsp3) is 0.692. The molecule has 1 rings (SSSR count). The molecule has 1 aromatic rings. The summed E-state index contributed by atoms with van der Waals surface area (Å²) >= 11 is 0. The predicted octanol–water partition coefficient (Wildman–Crippen LogP) is 2.43. The lowest BCUT2D eigenvalue weighted by Crippen LogP contribution is -2.16. The highest BCUT2D eigenvalue weighted by Gasteiger charge is 2.04. The van der Waals surface area contributed by atoms with Gasteiger partial charge >= 0.3 is 0 Å². The van der Waals surface area contributed by atoms with Crippen LogP contribution >= 0.6 is 0 Å². The first-order valence-corrected chi connectivity index (χ1v) is 6.55. The van der Waals surface area contributed by atoms with Gasteiger partial charge in [-0.2, -0.15) is 0 Å². The number of hydrogen-bond acceptors (Lipinski definition) is 4. The second kappa shape index (κ2) is 8.01. The molecule has 0 aliphatic rings. The lowest BCUT2D eigenvalue weighted by molar-refractivity contribution is 0.518. The molecule has 17 heavy (non-hydrogen) atoms. The molecule has 0 fully saturated rings. The van der Waals surface area contributed by atoms with Crippen LogP contribution < -0.4 is 10.6 Å². The van der Waals surface area contributed by atoms with E-state index in [1.165, 1.54) is 12.8 Å². The molecule has 0 spiro atoms. The van der Waals surface area contributed by atoms with Crippen molar-refractivity contribution in [3.8, 4) is 0 Å². The van der Waals surface area contributed by atoms with Gasteiger partial charge in [-0.1, -0.05) is 33.6 Å². The zero-order valence-electron chi connectivity index (χ0n) is 11.2. The van der Waals surface area contributed by atoms with Crippen molar-refractivity contribution in [2.45, 2.75) is 40.2 Å². The molecule has 0 aliphatic carbocycles. The molecular formula is C13H24N4. The van der Waals surface area contributed by atoms with E-state index < -0.39 is 0 Å². The summed E-state index contributed by atoms with van der Waals surface area (Å²) in [6.07, 6.45) is 6.00. The molecule has 0 amide bonds. The Morgan fingerprint density at radius 1 is 1.18 bits per heavy atom. The van der Waals surface area contributed by atoms with E-state index in [0.717, 1.165) is 31.1 Å². The molecule has 0 bridgehead atoms. The van der Waals surface area contributed by atoms with Crippen molar-refractivity contribution in [3.05, 3.63) is 18.1 Å². The first kappa shape index (κ1) is 13.9. The van der Waals surface area contributed by atoms with E-state index in [1.807, 2.05) is 6.20 Å². The Morgan fingerprint density at radius 3 is 2.59 bits per heavy atom. The highest BCUT2D eigenvalue weighted by molar-refractivity contribution is 5.31. The number of hydrogen-bond donors (Lipinski definition) is 2. The standard InChI is InChI=1S/C13H24N4/c1-4-11(5-2)7-16-13-10-15-9-12(17-13)8-14-6-3/h9-11,14H,4-8H2,1-3H3,(H,16,17). The van der Waals surface area contributed by atoms with Crippen LogP contribution in [-0.4, -0.2) is 23.1 Å². The molecular weight excluding hydrogens is 212 g/mol. The summed E-state index contributed by atoms with van der Waals surface area (Å²) in [6.45, 7) is 9.25. The minimum absolute atomic E-state index is 0.717. The summed E-state index contributed by atoms with van der Waals surface area (Å²) < 4.78 is 0. The smallest absolute Gasteiger partial charge is 0.144 e. The Bertz CT molecular complexity index is 310. The van der Waals surface area contributed by atoms with Gasteiger partial charge in [0, 0.05) is 19.3 Å². The van der Waals surface area contributed by atoms with Gasteiger partial charge in [-0.15, -0.1) is 0 Å². The topological polar surface area (TPSA) is 49.8 Å².